The van der Waals surface area contributed by atoms with Gasteiger partial charge in [0.1, 0.15) is 6.10 Å². The molecule has 0 aliphatic carbocycles. The van der Waals surface area contributed by atoms with Crippen molar-refractivity contribution >= 4 is 0 Å². The zero-order valence-corrected chi connectivity index (χ0v) is 16.6. The average molecular weight is 360 g/mol. The number of rotatable bonds is 10. The summed E-state index contributed by atoms with van der Waals surface area (Å²) in [6, 6.07) is 11.0. The van der Waals surface area contributed by atoms with Gasteiger partial charge < -0.3 is 14.8 Å². The molecule has 3 rings (SSSR count). The average Bonchev–Trinajstić information content (AvgIpc) is 3.14. The van der Waals surface area contributed by atoms with Gasteiger partial charge in [-0.1, -0.05) is 82.2 Å². The number of hydrogen-bond donors (Lipinski definition) is 1. The Kier molecular flexibility index (Phi) is 7.97. The third-order valence-corrected chi connectivity index (χ3v) is 5.94. The van der Waals surface area contributed by atoms with Crippen molar-refractivity contribution < 1.29 is 9.47 Å². The Morgan fingerprint density at radius 2 is 1.77 bits per heavy atom. The van der Waals surface area contributed by atoms with Crippen LogP contribution in [0.2, 0.25) is 0 Å². The van der Waals surface area contributed by atoms with E-state index < -0.39 is 5.79 Å². The SMILES string of the molecule is CCCCCCCCC[C@]1(c2ccccc2)OC[C@H]([C@@H]2CCCCN2)O1. The highest BCUT2D eigenvalue weighted by atomic mass is 16.7. The lowest BCUT2D eigenvalue weighted by Crippen LogP contribution is -2.45. The molecule has 2 saturated heterocycles. The van der Waals surface area contributed by atoms with E-state index in [0.29, 0.717) is 12.6 Å². The summed E-state index contributed by atoms with van der Waals surface area (Å²) >= 11 is 0. The van der Waals surface area contributed by atoms with Crippen molar-refractivity contribution in [3.8, 4) is 0 Å². The standard InChI is InChI=1S/C23H37NO2/c1-2-3-4-5-6-7-12-17-23(20-14-9-8-10-15-20)25-19-22(26-23)21-16-11-13-18-24-21/h8-10,14-15,21-22,24H,2-7,11-13,16-19H2,1H3/t21-,22+,23-/m0/s1. The van der Waals surface area contributed by atoms with E-state index in [0.717, 1.165) is 13.0 Å². The molecule has 1 N–H and O–H groups in total. The molecule has 1 aromatic carbocycles. The molecular formula is C23H37NO2. The molecule has 0 bridgehead atoms. The first kappa shape index (κ1) is 19.9. The zero-order chi connectivity index (χ0) is 18.1. The van der Waals surface area contributed by atoms with Gasteiger partial charge in [0, 0.05) is 18.0 Å². The monoisotopic (exact) mass is 359 g/mol. The number of nitrogens with one attached hydrogen (secondary N) is 1. The van der Waals surface area contributed by atoms with Crippen LogP contribution in [0.1, 0.15) is 83.1 Å². The van der Waals surface area contributed by atoms with Crippen LogP contribution in [0.25, 0.3) is 0 Å². The van der Waals surface area contributed by atoms with Crippen molar-refractivity contribution in [3.05, 3.63) is 35.9 Å². The minimum atomic E-state index is -0.533. The quantitative estimate of drug-likeness (QED) is 0.557. The Morgan fingerprint density at radius 3 is 2.50 bits per heavy atom. The molecular weight excluding hydrogens is 322 g/mol. The Bertz CT molecular complexity index is 500. The highest BCUT2D eigenvalue weighted by Gasteiger charge is 2.45. The second-order valence-corrected chi connectivity index (χ2v) is 8.01. The van der Waals surface area contributed by atoms with Crippen LogP contribution in [0.3, 0.4) is 0 Å². The van der Waals surface area contributed by atoms with Gasteiger partial charge in [0.25, 0.3) is 0 Å². The minimum Gasteiger partial charge on any atom is -0.343 e. The summed E-state index contributed by atoms with van der Waals surface area (Å²) in [6.45, 7) is 4.10. The number of piperidine rings is 1. The van der Waals surface area contributed by atoms with E-state index in [-0.39, 0.29) is 6.10 Å². The number of ether oxygens (including phenoxy) is 2. The first-order valence-electron chi connectivity index (χ1n) is 10.9. The van der Waals surface area contributed by atoms with E-state index in [9.17, 15) is 0 Å². The van der Waals surface area contributed by atoms with Gasteiger partial charge in [0.05, 0.1) is 6.61 Å². The van der Waals surface area contributed by atoms with Crippen molar-refractivity contribution in [2.75, 3.05) is 13.2 Å². The predicted octanol–water partition coefficient (Wildman–Crippen LogP) is 5.54. The van der Waals surface area contributed by atoms with Crippen LogP contribution < -0.4 is 5.32 Å². The van der Waals surface area contributed by atoms with E-state index in [4.69, 9.17) is 9.47 Å². The van der Waals surface area contributed by atoms with Gasteiger partial charge in [-0.3, -0.25) is 0 Å². The maximum atomic E-state index is 6.63. The van der Waals surface area contributed by atoms with Crippen molar-refractivity contribution in [1.29, 1.82) is 0 Å². The lowest BCUT2D eigenvalue weighted by atomic mass is 9.97. The third kappa shape index (κ3) is 5.31. The predicted molar refractivity (Wildman–Crippen MR) is 107 cm³/mol. The second kappa shape index (κ2) is 10.4. The van der Waals surface area contributed by atoms with Gasteiger partial charge in [-0.15, -0.1) is 0 Å². The van der Waals surface area contributed by atoms with E-state index >= 15 is 0 Å². The normalized spacial score (nSPS) is 29.1. The van der Waals surface area contributed by atoms with Gasteiger partial charge in [-0.25, -0.2) is 0 Å². The van der Waals surface area contributed by atoms with Gasteiger partial charge in [0.15, 0.2) is 5.79 Å². The summed E-state index contributed by atoms with van der Waals surface area (Å²) in [7, 11) is 0. The molecule has 0 radical (unpaired) electrons. The molecule has 2 fully saturated rings. The molecule has 0 unspecified atom stereocenters. The van der Waals surface area contributed by atoms with Crippen LogP contribution in [0.4, 0.5) is 0 Å². The van der Waals surface area contributed by atoms with Crippen LogP contribution in [0.15, 0.2) is 30.3 Å². The van der Waals surface area contributed by atoms with Gasteiger partial charge in [-0.2, -0.15) is 0 Å². The molecule has 3 atom stereocenters. The fourth-order valence-corrected chi connectivity index (χ4v) is 4.36. The van der Waals surface area contributed by atoms with Crippen molar-refractivity contribution in [2.24, 2.45) is 0 Å². The molecule has 0 aromatic heterocycles. The largest absolute Gasteiger partial charge is 0.343 e. The topological polar surface area (TPSA) is 30.5 Å². The number of benzene rings is 1. The Balaban J connectivity index is 1.56. The van der Waals surface area contributed by atoms with Crippen molar-refractivity contribution in [3.63, 3.8) is 0 Å². The number of unbranched alkanes of at least 4 members (excludes halogenated alkanes) is 6. The highest BCUT2D eigenvalue weighted by molar-refractivity contribution is 5.21. The first-order valence-corrected chi connectivity index (χ1v) is 10.9. The van der Waals surface area contributed by atoms with Gasteiger partial charge in [-0.05, 0) is 25.8 Å². The second-order valence-electron chi connectivity index (χ2n) is 8.01. The van der Waals surface area contributed by atoms with Crippen LogP contribution in [0.5, 0.6) is 0 Å². The fourth-order valence-electron chi connectivity index (χ4n) is 4.36. The maximum Gasteiger partial charge on any atom is 0.195 e. The summed E-state index contributed by atoms with van der Waals surface area (Å²) in [5.41, 5.74) is 1.18. The fraction of sp³-hybridized carbons (Fsp3) is 0.739. The van der Waals surface area contributed by atoms with Crippen molar-refractivity contribution in [1.82, 2.24) is 5.32 Å². The van der Waals surface area contributed by atoms with Crippen molar-refractivity contribution in [2.45, 2.75) is 95.5 Å². The lowest BCUT2D eigenvalue weighted by Gasteiger charge is -2.32. The van der Waals surface area contributed by atoms with E-state index in [1.165, 1.54) is 69.8 Å². The molecule has 3 heteroatoms. The summed E-state index contributed by atoms with van der Waals surface area (Å²) in [5.74, 6) is -0.533. The summed E-state index contributed by atoms with van der Waals surface area (Å²) in [5, 5.41) is 3.64. The van der Waals surface area contributed by atoms with Gasteiger partial charge >= 0.3 is 0 Å². The highest BCUT2D eigenvalue weighted by Crippen LogP contribution is 2.40. The smallest absolute Gasteiger partial charge is 0.195 e. The molecule has 2 aliphatic heterocycles. The molecule has 146 valence electrons. The van der Waals surface area contributed by atoms with E-state index in [1.54, 1.807) is 0 Å². The number of hydrogen-bond acceptors (Lipinski definition) is 3. The Labute approximate surface area is 159 Å². The summed E-state index contributed by atoms with van der Waals surface area (Å²) in [4.78, 5) is 0. The molecule has 2 heterocycles. The Hall–Kier alpha value is -0.900. The maximum absolute atomic E-state index is 6.63. The molecule has 0 amide bonds. The van der Waals surface area contributed by atoms with Crippen LogP contribution in [0, 0.1) is 0 Å². The summed E-state index contributed by atoms with van der Waals surface area (Å²) < 4.78 is 13.0. The van der Waals surface area contributed by atoms with E-state index in [1.807, 2.05) is 0 Å². The zero-order valence-electron chi connectivity index (χ0n) is 16.6. The molecule has 0 spiro atoms. The van der Waals surface area contributed by atoms with Crippen LogP contribution in [-0.4, -0.2) is 25.3 Å². The molecule has 1 aromatic rings. The molecule has 0 saturated carbocycles. The minimum absolute atomic E-state index is 0.181. The van der Waals surface area contributed by atoms with Crippen LogP contribution >= 0.6 is 0 Å². The molecule has 2 aliphatic rings. The molecule has 3 nitrogen and oxygen atoms in total. The van der Waals surface area contributed by atoms with E-state index in [2.05, 4.69) is 42.6 Å². The molecule has 26 heavy (non-hydrogen) atoms. The van der Waals surface area contributed by atoms with Gasteiger partial charge in [0.2, 0.25) is 0 Å². The summed E-state index contributed by atoms with van der Waals surface area (Å²) in [6.07, 6.45) is 14.1. The first-order chi connectivity index (χ1) is 12.8. The van der Waals surface area contributed by atoms with Crippen LogP contribution in [-0.2, 0) is 15.3 Å². The lowest BCUT2D eigenvalue weighted by molar-refractivity contribution is -0.186. The Morgan fingerprint density at radius 1 is 1.00 bits per heavy atom. The third-order valence-electron chi connectivity index (χ3n) is 5.94.